The molecule has 23 heavy (non-hydrogen) atoms. The van der Waals surface area contributed by atoms with Crippen molar-refractivity contribution in [1.29, 1.82) is 0 Å². The first-order valence-electron chi connectivity index (χ1n) is 8.08. The van der Waals surface area contributed by atoms with Gasteiger partial charge in [-0.1, -0.05) is 24.3 Å². The summed E-state index contributed by atoms with van der Waals surface area (Å²) in [6.07, 6.45) is 6.26. The van der Waals surface area contributed by atoms with Crippen LogP contribution in [0.3, 0.4) is 0 Å². The molecule has 1 saturated carbocycles. The van der Waals surface area contributed by atoms with Gasteiger partial charge in [0.2, 0.25) is 0 Å². The number of hydrogen-bond acceptors (Lipinski definition) is 5. The molecule has 2 aromatic rings. The molecule has 122 valence electrons. The van der Waals surface area contributed by atoms with Gasteiger partial charge in [-0.25, -0.2) is 9.97 Å². The van der Waals surface area contributed by atoms with Crippen molar-refractivity contribution < 1.29 is 4.79 Å². The summed E-state index contributed by atoms with van der Waals surface area (Å²) in [7, 11) is 0. The molecular weight excluding hydrogens is 308 g/mol. The fraction of sp³-hybridized carbons (Fsp3) is 0.471. The summed E-state index contributed by atoms with van der Waals surface area (Å²) in [5, 5.41) is 7.01. The lowest BCUT2D eigenvalue weighted by Gasteiger charge is -2.26. The number of aryl methyl sites for hydroxylation is 1. The van der Waals surface area contributed by atoms with Crippen molar-refractivity contribution in [2.45, 2.75) is 45.6 Å². The standard InChI is InChI=1S/C17H22N4OS/c1-11-6-8-13(9-7-11)20-16(22)15-12(2)19-17(23-15)21-14-5-3-4-10-18-14/h3-5,10-11,13H,6-9H2,1-2H3,(H,20,22)(H,18,19,21). The van der Waals surface area contributed by atoms with Crippen molar-refractivity contribution in [2.24, 2.45) is 5.92 Å². The molecule has 1 aliphatic rings. The van der Waals surface area contributed by atoms with Gasteiger partial charge in [-0.05, 0) is 50.7 Å². The number of hydrogen-bond donors (Lipinski definition) is 2. The molecule has 1 amide bonds. The second-order valence-corrected chi connectivity index (χ2v) is 7.20. The molecule has 6 heteroatoms. The second kappa shape index (κ2) is 7.08. The van der Waals surface area contributed by atoms with E-state index in [0.717, 1.165) is 30.3 Å². The number of carbonyl (C=O) groups is 1. The fourth-order valence-electron chi connectivity index (χ4n) is 2.86. The van der Waals surface area contributed by atoms with Crippen molar-refractivity contribution in [3.05, 3.63) is 35.0 Å². The number of nitrogens with one attached hydrogen (secondary N) is 2. The first-order chi connectivity index (χ1) is 11.1. The van der Waals surface area contributed by atoms with E-state index in [1.165, 1.54) is 24.2 Å². The maximum atomic E-state index is 12.5. The molecule has 2 N–H and O–H groups in total. The molecule has 0 spiro atoms. The minimum absolute atomic E-state index is 0.00590. The maximum Gasteiger partial charge on any atom is 0.263 e. The average Bonchev–Trinajstić information content (AvgIpc) is 2.91. The van der Waals surface area contributed by atoms with Crippen molar-refractivity contribution in [3.63, 3.8) is 0 Å². The SMILES string of the molecule is Cc1nc(Nc2ccccn2)sc1C(=O)NC1CCC(C)CC1. The Labute approximate surface area is 140 Å². The smallest absolute Gasteiger partial charge is 0.263 e. The highest BCUT2D eigenvalue weighted by Gasteiger charge is 2.22. The van der Waals surface area contributed by atoms with E-state index in [1.807, 2.05) is 25.1 Å². The number of anilines is 2. The number of thiazole rings is 1. The topological polar surface area (TPSA) is 66.9 Å². The molecule has 0 atom stereocenters. The normalized spacial score (nSPS) is 21.0. The molecule has 0 aromatic carbocycles. The van der Waals surface area contributed by atoms with Crippen LogP contribution in [0.1, 0.15) is 48.0 Å². The number of rotatable bonds is 4. The van der Waals surface area contributed by atoms with Crippen LogP contribution in [0.2, 0.25) is 0 Å². The Hall–Kier alpha value is -1.95. The molecule has 1 fully saturated rings. The summed E-state index contributed by atoms with van der Waals surface area (Å²) < 4.78 is 0. The zero-order chi connectivity index (χ0) is 16.2. The van der Waals surface area contributed by atoms with Crippen LogP contribution in [0.25, 0.3) is 0 Å². The van der Waals surface area contributed by atoms with Crippen LogP contribution < -0.4 is 10.6 Å². The van der Waals surface area contributed by atoms with Gasteiger partial charge >= 0.3 is 0 Å². The van der Waals surface area contributed by atoms with Crippen LogP contribution in [0.4, 0.5) is 10.9 Å². The lowest BCUT2D eigenvalue weighted by Crippen LogP contribution is -2.37. The van der Waals surface area contributed by atoms with Crippen molar-refractivity contribution >= 4 is 28.2 Å². The lowest BCUT2D eigenvalue weighted by molar-refractivity contribution is 0.0926. The lowest BCUT2D eigenvalue weighted by atomic mass is 9.87. The highest BCUT2D eigenvalue weighted by atomic mass is 32.1. The Balaban J connectivity index is 1.64. The van der Waals surface area contributed by atoms with Gasteiger partial charge in [-0.3, -0.25) is 4.79 Å². The Morgan fingerprint density at radius 2 is 2.04 bits per heavy atom. The van der Waals surface area contributed by atoms with Crippen LogP contribution in [-0.2, 0) is 0 Å². The summed E-state index contributed by atoms with van der Waals surface area (Å²) in [5.41, 5.74) is 0.759. The minimum atomic E-state index is -0.00590. The molecule has 3 rings (SSSR count). The van der Waals surface area contributed by atoms with Gasteiger partial charge in [0.25, 0.3) is 5.91 Å². The van der Waals surface area contributed by atoms with E-state index < -0.39 is 0 Å². The van der Waals surface area contributed by atoms with Crippen LogP contribution in [-0.4, -0.2) is 21.9 Å². The highest BCUT2D eigenvalue weighted by molar-refractivity contribution is 7.17. The first-order valence-corrected chi connectivity index (χ1v) is 8.90. The molecule has 0 unspecified atom stereocenters. The summed E-state index contributed by atoms with van der Waals surface area (Å²) in [5.74, 6) is 1.51. The number of aromatic nitrogens is 2. The third kappa shape index (κ3) is 4.07. The number of carbonyl (C=O) groups excluding carboxylic acids is 1. The quantitative estimate of drug-likeness (QED) is 0.892. The summed E-state index contributed by atoms with van der Waals surface area (Å²) in [4.78, 5) is 21.8. The number of amides is 1. The van der Waals surface area contributed by atoms with Crippen molar-refractivity contribution in [1.82, 2.24) is 15.3 Å². The van der Waals surface area contributed by atoms with Gasteiger partial charge in [0.1, 0.15) is 10.7 Å². The number of pyridine rings is 1. The van der Waals surface area contributed by atoms with Crippen LogP contribution in [0, 0.1) is 12.8 Å². The van der Waals surface area contributed by atoms with Gasteiger partial charge in [-0.2, -0.15) is 0 Å². The van der Waals surface area contributed by atoms with Crippen LogP contribution in [0.15, 0.2) is 24.4 Å². The maximum absolute atomic E-state index is 12.5. The summed E-state index contributed by atoms with van der Waals surface area (Å²) in [6.45, 7) is 4.15. The Morgan fingerprint density at radius 1 is 1.26 bits per heavy atom. The Kier molecular flexibility index (Phi) is 4.91. The molecule has 5 nitrogen and oxygen atoms in total. The van der Waals surface area contributed by atoms with Crippen molar-refractivity contribution in [3.8, 4) is 0 Å². The first kappa shape index (κ1) is 15.9. The molecule has 1 aliphatic carbocycles. The van der Waals surface area contributed by atoms with Crippen LogP contribution >= 0.6 is 11.3 Å². The van der Waals surface area contributed by atoms with E-state index in [2.05, 4.69) is 27.5 Å². The predicted molar refractivity (Wildman–Crippen MR) is 93.3 cm³/mol. The Morgan fingerprint density at radius 3 is 2.74 bits per heavy atom. The molecule has 2 heterocycles. The average molecular weight is 330 g/mol. The third-order valence-electron chi connectivity index (χ3n) is 4.25. The van der Waals surface area contributed by atoms with Gasteiger partial charge in [0.05, 0.1) is 5.69 Å². The zero-order valence-corrected chi connectivity index (χ0v) is 14.3. The van der Waals surface area contributed by atoms with E-state index in [-0.39, 0.29) is 5.91 Å². The second-order valence-electron chi connectivity index (χ2n) is 6.20. The van der Waals surface area contributed by atoms with Crippen LogP contribution in [0.5, 0.6) is 0 Å². The van der Waals surface area contributed by atoms with E-state index in [0.29, 0.717) is 16.1 Å². The fourth-order valence-corrected chi connectivity index (χ4v) is 3.74. The van der Waals surface area contributed by atoms with Gasteiger partial charge < -0.3 is 10.6 Å². The van der Waals surface area contributed by atoms with E-state index >= 15 is 0 Å². The largest absolute Gasteiger partial charge is 0.349 e. The molecule has 2 aromatic heterocycles. The third-order valence-corrected chi connectivity index (χ3v) is 5.33. The van der Waals surface area contributed by atoms with Gasteiger partial charge in [0, 0.05) is 12.2 Å². The van der Waals surface area contributed by atoms with Gasteiger partial charge in [0.15, 0.2) is 5.13 Å². The monoisotopic (exact) mass is 330 g/mol. The molecule has 0 aliphatic heterocycles. The molecule has 0 radical (unpaired) electrons. The minimum Gasteiger partial charge on any atom is -0.349 e. The summed E-state index contributed by atoms with van der Waals surface area (Å²) >= 11 is 1.38. The van der Waals surface area contributed by atoms with Crippen molar-refractivity contribution in [2.75, 3.05) is 5.32 Å². The Bertz CT molecular complexity index is 662. The zero-order valence-electron chi connectivity index (χ0n) is 13.5. The van der Waals surface area contributed by atoms with Gasteiger partial charge in [-0.15, -0.1) is 0 Å². The summed E-state index contributed by atoms with van der Waals surface area (Å²) in [6, 6.07) is 5.95. The molecular formula is C17H22N4OS. The van der Waals surface area contributed by atoms with E-state index in [1.54, 1.807) is 6.20 Å². The highest BCUT2D eigenvalue weighted by Crippen LogP contribution is 2.27. The number of nitrogens with zero attached hydrogens (tertiary/aromatic N) is 2. The molecule has 0 bridgehead atoms. The predicted octanol–water partition coefficient (Wildman–Crippen LogP) is 3.90. The molecule has 0 saturated heterocycles. The van der Waals surface area contributed by atoms with E-state index in [4.69, 9.17) is 0 Å². The van der Waals surface area contributed by atoms with E-state index in [9.17, 15) is 4.79 Å².